The van der Waals surface area contributed by atoms with Gasteiger partial charge in [-0.1, -0.05) is 60.6 Å². The Bertz CT molecular complexity index is 3280. The van der Waals surface area contributed by atoms with Crippen LogP contribution in [-0.2, 0) is 28.4 Å². The maximum absolute atomic E-state index is 12.8. The normalized spacial score (nSPS) is 12.9. The average molecular weight is 1260 g/mol. The van der Waals surface area contributed by atoms with Crippen LogP contribution in [0.2, 0.25) is 10.0 Å². The summed E-state index contributed by atoms with van der Waals surface area (Å²) in [5, 5.41) is 25.8. The Morgan fingerprint density at radius 3 is 1.48 bits per heavy atom. The fourth-order valence-corrected chi connectivity index (χ4v) is 11.3. The van der Waals surface area contributed by atoms with Gasteiger partial charge in [-0.25, -0.2) is 9.97 Å². The van der Waals surface area contributed by atoms with Crippen molar-refractivity contribution >= 4 is 146 Å². The van der Waals surface area contributed by atoms with Crippen LogP contribution in [-0.4, -0.2) is 140 Å². The van der Waals surface area contributed by atoms with E-state index in [4.69, 9.17) is 50.6 Å². The number of rotatable bonds is 22. The second-order valence-corrected chi connectivity index (χ2v) is 27.4. The van der Waals surface area contributed by atoms with E-state index in [-0.39, 0.29) is 41.9 Å². The molecule has 84 heavy (non-hydrogen) atoms. The number of allylic oxidation sites excluding steroid dienone is 1. The Balaban J connectivity index is 0.000000313. The summed E-state index contributed by atoms with van der Waals surface area (Å²) in [6.07, 6.45) is 10.4. The number of nitrogens with zero attached hydrogens (tertiary/aromatic N) is 8. The van der Waals surface area contributed by atoms with E-state index in [1.165, 1.54) is 57.2 Å². The molecule has 0 bridgehead atoms. The van der Waals surface area contributed by atoms with Gasteiger partial charge in [0.25, 0.3) is 6.47 Å². The fraction of sp³-hybridized carbons (Fsp3) is 0.316. The monoisotopic (exact) mass is 1250 g/mol. The SMILES string of the molecule is C=CC(=O)Cl.C=CC(=O)Nc1cc(Nc2ncc(Cl)c(Nc3ccccc3P(C)(C)=O)n2)ccc1N(C)CCN1CCCC1.CN(CCN1CCCC1)c1ccc(Nc2ncc(Cl)c(Nc3ccccc3P(C)(C)=O)n2)cc1N.O=CO[O-].[Na+]. The zero-order valence-electron chi connectivity index (χ0n) is 48.4. The molecule has 7 N–H and O–H groups in total. The molecule has 0 spiro atoms. The summed E-state index contributed by atoms with van der Waals surface area (Å²) >= 11 is 17.5. The van der Waals surface area contributed by atoms with Crippen molar-refractivity contribution < 1.29 is 63.2 Å². The third kappa shape index (κ3) is 22.7. The van der Waals surface area contributed by atoms with Crippen LogP contribution in [0.1, 0.15) is 25.7 Å². The molecule has 6 aromatic rings. The summed E-state index contributed by atoms with van der Waals surface area (Å²) in [6, 6.07) is 26.4. The number of hydrogen-bond donors (Lipinski definition) is 6. The van der Waals surface area contributed by atoms with Gasteiger partial charge in [-0.05, 0) is 163 Å². The van der Waals surface area contributed by atoms with Crippen LogP contribution in [0.5, 0.6) is 0 Å². The molecule has 2 fully saturated rings. The van der Waals surface area contributed by atoms with Crippen molar-refractivity contribution in [1.29, 1.82) is 0 Å². The van der Waals surface area contributed by atoms with Gasteiger partial charge in [-0.2, -0.15) is 9.97 Å². The summed E-state index contributed by atoms with van der Waals surface area (Å²) in [5.74, 6) is 1.20. The van der Waals surface area contributed by atoms with Gasteiger partial charge in [0.1, 0.15) is 24.3 Å². The van der Waals surface area contributed by atoms with Crippen LogP contribution in [0.4, 0.5) is 69.0 Å². The molecule has 2 aliphatic heterocycles. The van der Waals surface area contributed by atoms with Crippen molar-refractivity contribution in [3.8, 4) is 0 Å². The number of nitrogens with two attached hydrogens (primary N) is 1. The molecule has 27 heteroatoms. The summed E-state index contributed by atoms with van der Waals surface area (Å²) in [4.78, 5) is 59.9. The number of benzene rings is 4. The number of amides is 1. The zero-order chi connectivity index (χ0) is 60.7. The minimum atomic E-state index is -2.53. The number of aromatic nitrogens is 4. The quantitative estimate of drug-likeness (QED) is 0.00591. The molecular weight excluding hydrogens is 1180 g/mol. The van der Waals surface area contributed by atoms with E-state index < -0.39 is 19.5 Å². The van der Waals surface area contributed by atoms with Gasteiger partial charge in [0.05, 0.1) is 46.5 Å². The molecule has 4 aromatic carbocycles. The molecule has 0 radical (unpaired) electrons. The van der Waals surface area contributed by atoms with E-state index in [9.17, 15) is 18.7 Å². The van der Waals surface area contributed by atoms with E-state index >= 15 is 0 Å². The smallest absolute Gasteiger partial charge is 0.662 e. The zero-order valence-corrected chi connectivity index (χ0v) is 54.5. The number of likely N-dealkylation sites (tertiary alicyclic amines) is 2. The minimum absolute atomic E-state index is 0. The van der Waals surface area contributed by atoms with Gasteiger partial charge in [0.2, 0.25) is 23.0 Å². The summed E-state index contributed by atoms with van der Waals surface area (Å²) in [6.45, 7) is 21.8. The molecule has 2 saturated heterocycles. The molecule has 0 aliphatic carbocycles. The van der Waals surface area contributed by atoms with Crippen LogP contribution in [0.3, 0.4) is 0 Å². The Morgan fingerprint density at radius 2 is 1.08 bits per heavy atom. The van der Waals surface area contributed by atoms with Gasteiger partial charge in [-0.3, -0.25) is 14.4 Å². The van der Waals surface area contributed by atoms with E-state index in [1.807, 2.05) is 92.0 Å². The number of likely N-dealkylation sites (N-methyl/N-ethyl adjacent to an activating group) is 2. The first-order chi connectivity index (χ1) is 39.5. The number of para-hydroxylation sites is 2. The molecular formula is C57H72Cl3N14NaO7P2. The van der Waals surface area contributed by atoms with Gasteiger partial charge < -0.3 is 71.2 Å². The third-order valence-electron chi connectivity index (χ3n) is 12.9. The molecule has 0 unspecified atom stereocenters. The molecule has 2 aromatic heterocycles. The van der Waals surface area contributed by atoms with Crippen molar-refractivity contribution in [1.82, 2.24) is 29.7 Å². The topological polar surface area (TPSA) is 268 Å². The average Bonchev–Trinajstić information content (AvgIpc) is 4.28. The van der Waals surface area contributed by atoms with Gasteiger partial charge >= 0.3 is 29.6 Å². The Kier molecular flexibility index (Phi) is 29.2. The van der Waals surface area contributed by atoms with Crippen LogP contribution in [0, 0.1) is 0 Å². The van der Waals surface area contributed by atoms with Crippen molar-refractivity contribution in [2.24, 2.45) is 0 Å². The first-order valence-electron chi connectivity index (χ1n) is 26.3. The number of carbonyl (C=O) groups excluding carboxylic acids is 3. The van der Waals surface area contributed by atoms with Crippen molar-refractivity contribution in [3.63, 3.8) is 0 Å². The number of halogens is 3. The summed E-state index contributed by atoms with van der Waals surface area (Å²) in [7, 11) is -0.934. The second-order valence-electron chi connectivity index (χ2n) is 19.9. The maximum atomic E-state index is 12.8. The summed E-state index contributed by atoms with van der Waals surface area (Å²) in [5.41, 5.74) is 12.4. The minimum Gasteiger partial charge on any atom is -0.662 e. The number of carbonyl (C=O) groups is 3. The number of anilines is 12. The van der Waals surface area contributed by atoms with E-state index in [0.717, 1.165) is 67.7 Å². The van der Waals surface area contributed by atoms with Crippen LogP contribution >= 0.6 is 49.1 Å². The fourth-order valence-electron chi connectivity index (χ4n) is 8.69. The van der Waals surface area contributed by atoms with Crippen LogP contribution in [0.15, 0.2) is 123 Å². The molecule has 0 atom stereocenters. The van der Waals surface area contributed by atoms with Crippen LogP contribution in [0.25, 0.3) is 0 Å². The standard InChI is InChI=1S/C28H35ClN7O2P.C25H33ClN7OP.C3H3ClO.CH2O3.Na/c1-5-26(37)32-23-18-20(12-13-24(23)35(2)16-17-36-14-8-9-15-36)31-28-30-19-21(29)27(34-28)33-22-10-6-7-11-25(22)39(3,4)38;1-32(14-15-33-12-6-7-13-33)22-11-10-18(16-20(22)27)29-25-28-17-19(26)24(31-25)30-21-8-4-5-9-23(21)35(2,3)34;1-2-3(4)5;2-1-4-3;/h5-7,10-13,18-19H,1,8-9,14-17H2,2-4H3,(H,32,37)(H2,30,31,33,34);4-5,8-11,16-17H,6-7,12-15,27H2,1-3H3,(H2,28,29,30,31);2H,1H2;1,3H;/q;;;;+1/p-1. The second kappa shape index (κ2) is 34.8. The molecule has 8 rings (SSSR count). The van der Waals surface area contributed by atoms with E-state index in [0.29, 0.717) is 67.3 Å². The summed E-state index contributed by atoms with van der Waals surface area (Å²) < 4.78 is 25.5. The molecule has 0 saturated carbocycles. The van der Waals surface area contributed by atoms with Crippen molar-refractivity contribution in [2.75, 3.05) is 135 Å². The number of nitrogens with one attached hydrogen (secondary N) is 5. The van der Waals surface area contributed by atoms with Crippen LogP contribution < -0.4 is 87.5 Å². The van der Waals surface area contributed by atoms with E-state index in [2.05, 4.69) is 91.2 Å². The molecule has 1 amide bonds. The van der Waals surface area contributed by atoms with Crippen molar-refractivity contribution in [2.45, 2.75) is 25.7 Å². The van der Waals surface area contributed by atoms with Gasteiger partial charge in [0.15, 0.2) is 11.6 Å². The molecule has 2 aliphatic rings. The number of hydrogen-bond acceptors (Lipinski definition) is 20. The van der Waals surface area contributed by atoms with Gasteiger partial charge in [-0.15, -0.1) is 0 Å². The first kappa shape index (κ1) is 70.4. The third-order valence-corrected chi connectivity index (χ3v) is 16.7. The Morgan fingerprint density at radius 1 is 0.679 bits per heavy atom. The largest absolute Gasteiger partial charge is 1.00 e. The molecule has 21 nitrogen and oxygen atoms in total. The first-order valence-corrected chi connectivity index (χ1v) is 32.7. The van der Waals surface area contributed by atoms with Crippen molar-refractivity contribution in [3.05, 3.63) is 133 Å². The Labute approximate surface area is 529 Å². The predicted octanol–water partition coefficient (Wildman–Crippen LogP) is 6.88. The van der Waals surface area contributed by atoms with Gasteiger partial charge in [0, 0.05) is 62.3 Å². The predicted molar refractivity (Wildman–Crippen MR) is 340 cm³/mol. The number of nitrogen functional groups attached to an aromatic ring is 1. The Hall–Kier alpha value is -6.06. The van der Waals surface area contributed by atoms with E-state index in [1.54, 1.807) is 26.7 Å². The molecule has 444 valence electrons. The molecule has 4 heterocycles. The maximum Gasteiger partial charge on any atom is 1.00 e.